The molecule has 0 saturated carbocycles. The first-order valence-electron chi connectivity index (χ1n) is 6.64. The molecular weight excluding hydrogens is 272 g/mol. The summed E-state index contributed by atoms with van der Waals surface area (Å²) in [7, 11) is 0. The highest BCUT2D eigenvalue weighted by Gasteiger charge is 2.29. The Morgan fingerprint density at radius 3 is 2.24 bits per heavy atom. The maximum Gasteiger partial charge on any atom is 0.159 e. The van der Waals surface area contributed by atoms with Gasteiger partial charge in [-0.15, -0.1) is 0 Å². The summed E-state index contributed by atoms with van der Waals surface area (Å²) >= 11 is 0. The van der Waals surface area contributed by atoms with Crippen molar-refractivity contribution in [3.05, 3.63) is 65.2 Å². The van der Waals surface area contributed by atoms with Crippen molar-refractivity contribution in [2.75, 3.05) is 5.73 Å². The van der Waals surface area contributed by atoms with E-state index in [0.29, 0.717) is 11.3 Å². The summed E-state index contributed by atoms with van der Waals surface area (Å²) in [4.78, 5) is 12.5. The standard InChI is InChI=1S/C17H17F2NO/c1-17(2,12-4-6-13(20)7-5-12)16(21)10-11-3-8-14(18)15(19)9-11/h3-9H,10,20H2,1-2H3. The zero-order chi connectivity index (χ0) is 15.6. The number of ketones is 1. The van der Waals surface area contributed by atoms with E-state index in [0.717, 1.165) is 17.7 Å². The number of hydrogen-bond acceptors (Lipinski definition) is 2. The van der Waals surface area contributed by atoms with E-state index in [9.17, 15) is 13.6 Å². The molecule has 2 rings (SSSR count). The van der Waals surface area contributed by atoms with Crippen LogP contribution in [0.15, 0.2) is 42.5 Å². The Balaban J connectivity index is 2.21. The third-order valence-corrected chi connectivity index (χ3v) is 3.68. The average Bonchev–Trinajstić information content (AvgIpc) is 2.43. The third kappa shape index (κ3) is 3.27. The number of Topliss-reactive ketones (excluding diaryl/α,β-unsaturated/α-hetero) is 1. The van der Waals surface area contributed by atoms with Crippen LogP contribution in [-0.4, -0.2) is 5.78 Å². The van der Waals surface area contributed by atoms with Crippen LogP contribution in [0.3, 0.4) is 0 Å². The largest absolute Gasteiger partial charge is 0.399 e. The molecule has 0 saturated heterocycles. The number of rotatable bonds is 4. The first-order valence-corrected chi connectivity index (χ1v) is 6.64. The van der Waals surface area contributed by atoms with Gasteiger partial charge in [-0.25, -0.2) is 8.78 Å². The highest BCUT2D eigenvalue weighted by atomic mass is 19.2. The van der Waals surface area contributed by atoms with Gasteiger partial charge in [-0.05, 0) is 49.2 Å². The lowest BCUT2D eigenvalue weighted by molar-refractivity contribution is -0.122. The van der Waals surface area contributed by atoms with Crippen LogP contribution in [0.25, 0.3) is 0 Å². The van der Waals surface area contributed by atoms with Crippen molar-refractivity contribution >= 4 is 11.5 Å². The van der Waals surface area contributed by atoms with Gasteiger partial charge in [-0.3, -0.25) is 4.79 Å². The van der Waals surface area contributed by atoms with Crippen molar-refractivity contribution in [3.8, 4) is 0 Å². The topological polar surface area (TPSA) is 43.1 Å². The molecule has 110 valence electrons. The maximum absolute atomic E-state index is 13.2. The van der Waals surface area contributed by atoms with E-state index in [-0.39, 0.29) is 12.2 Å². The summed E-state index contributed by atoms with van der Waals surface area (Å²) in [6.07, 6.45) is 0.0502. The van der Waals surface area contributed by atoms with Crippen LogP contribution >= 0.6 is 0 Å². The van der Waals surface area contributed by atoms with Crippen LogP contribution in [0, 0.1) is 11.6 Å². The lowest BCUT2D eigenvalue weighted by Crippen LogP contribution is -2.30. The van der Waals surface area contributed by atoms with Gasteiger partial charge in [0.05, 0.1) is 0 Å². The minimum Gasteiger partial charge on any atom is -0.399 e. The smallest absolute Gasteiger partial charge is 0.159 e. The van der Waals surface area contributed by atoms with Gasteiger partial charge >= 0.3 is 0 Å². The number of nitrogens with two attached hydrogens (primary N) is 1. The lowest BCUT2D eigenvalue weighted by atomic mass is 9.78. The zero-order valence-electron chi connectivity index (χ0n) is 12.0. The molecule has 0 aliphatic rings. The molecule has 2 aromatic rings. The zero-order valence-corrected chi connectivity index (χ0v) is 12.0. The minimum absolute atomic E-state index is 0.0502. The second-order valence-electron chi connectivity index (χ2n) is 5.60. The molecule has 0 aliphatic heterocycles. The normalized spacial score (nSPS) is 11.4. The molecule has 0 unspecified atom stereocenters. The van der Waals surface area contributed by atoms with Gasteiger partial charge < -0.3 is 5.73 Å². The average molecular weight is 289 g/mol. The fourth-order valence-corrected chi connectivity index (χ4v) is 2.12. The first-order chi connectivity index (χ1) is 9.80. The summed E-state index contributed by atoms with van der Waals surface area (Å²) in [5, 5.41) is 0. The molecular formula is C17H17F2NO. The summed E-state index contributed by atoms with van der Waals surface area (Å²) in [5.74, 6) is -1.92. The monoisotopic (exact) mass is 289 g/mol. The number of carbonyl (C=O) groups is 1. The van der Waals surface area contributed by atoms with Crippen LogP contribution in [0.5, 0.6) is 0 Å². The van der Waals surface area contributed by atoms with Crippen LogP contribution in [0.1, 0.15) is 25.0 Å². The second kappa shape index (κ2) is 5.64. The molecule has 2 aromatic carbocycles. The third-order valence-electron chi connectivity index (χ3n) is 3.68. The molecule has 0 bridgehead atoms. The fourth-order valence-electron chi connectivity index (χ4n) is 2.12. The van der Waals surface area contributed by atoms with E-state index >= 15 is 0 Å². The van der Waals surface area contributed by atoms with E-state index < -0.39 is 17.0 Å². The molecule has 2 N–H and O–H groups in total. The molecule has 0 heterocycles. The van der Waals surface area contributed by atoms with Gasteiger partial charge in [0.15, 0.2) is 11.6 Å². The minimum atomic E-state index is -0.939. The summed E-state index contributed by atoms with van der Waals surface area (Å²) in [6, 6.07) is 10.6. The van der Waals surface area contributed by atoms with Gasteiger partial charge in [0.25, 0.3) is 0 Å². The van der Waals surface area contributed by atoms with Crippen LogP contribution in [-0.2, 0) is 16.6 Å². The molecule has 4 heteroatoms. The van der Waals surface area contributed by atoms with E-state index in [2.05, 4.69) is 0 Å². The number of nitrogen functional groups attached to an aromatic ring is 1. The summed E-state index contributed by atoms with van der Waals surface area (Å²) in [6.45, 7) is 3.61. The highest BCUT2D eigenvalue weighted by molar-refractivity contribution is 5.91. The van der Waals surface area contributed by atoms with Gasteiger partial charge in [0.1, 0.15) is 5.78 Å². The van der Waals surface area contributed by atoms with Crippen LogP contribution in [0.2, 0.25) is 0 Å². The van der Waals surface area contributed by atoms with Crippen molar-refractivity contribution in [1.82, 2.24) is 0 Å². The lowest BCUT2D eigenvalue weighted by Gasteiger charge is -2.24. The van der Waals surface area contributed by atoms with Crippen molar-refractivity contribution in [1.29, 1.82) is 0 Å². The highest BCUT2D eigenvalue weighted by Crippen LogP contribution is 2.27. The SMILES string of the molecule is CC(C)(C(=O)Cc1ccc(F)c(F)c1)c1ccc(N)cc1. The van der Waals surface area contributed by atoms with E-state index in [4.69, 9.17) is 5.73 Å². The Labute approximate surface area is 122 Å². The number of hydrogen-bond donors (Lipinski definition) is 1. The fraction of sp³-hybridized carbons (Fsp3) is 0.235. The van der Waals surface area contributed by atoms with E-state index in [1.54, 1.807) is 38.1 Å². The summed E-state index contributed by atoms with van der Waals surface area (Å²) in [5.41, 5.74) is 6.84. The number of benzene rings is 2. The molecule has 0 atom stereocenters. The Bertz CT molecular complexity index is 663. The Hall–Kier alpha value is -2.23. The number of halogens is 2. The molecule has 0 fully saturated rings. The van der Waals surface area contributed by atoms with E-state index in [1.807, 2.05) is 0 Å². The Morgan fingerprint density at radius 1 is 1.05 bits per heavy atom. The Morgan fingerprint density at radius 2 is 1.67 bits per heavy atom. The predicted molar refractivity (Wildman–Crippen MR) is 78.9 cm³/mol. The van der Waals surface area contributed by atoms with Gasteiger partial charge in [-0.2, -0.15) is 0 Å². The van der Waals surface area contributed by atoms with Crippen LogP contribution in [0.4, 0.5) is 14.5 Å². The van der Waals surface area contributed by atoms with Gasteiger partial charge in [0, 0.05) is 17.5 Å². The van der Waals surface area contributed by atoms with Gasteiger partial charge in [0.2, 0.25) is 0 Å². The molecule has 0 spiro atoms. The second-order valence-corrected chi connectivity index (χ2v) is 5.60. The van der Waals surface area contributed by atoms with Crippen LogP contribution < -0.4 is 5.73 Å². The Kier molecular flexibility index (Phi) is 4.07. The first kappa shape index (κ1) is 15.2. The van der Waals surface area contributed by atoms with Crippen molar-refractivity contribution in [2.45, 2.75) is 25.7 Å². The van der Waals surface area contributed by atoms with Crippen molar-refractivity contribution in [2.24, 2.45) is 0 Å². The predicted octanol–water partition coefficient (Wildman–Crippen LogP) is 3.64. The number of carbonyl (C=O) groups excluding carboxylic acids is 1. The van der Waals surface area contributed by atoms with E-state index in [1.165, 1.54) is 6.07 Å². The molecule has 21 heavy (non-hydrogen) atoms. The number of anilines is 1. The van der Waals surface area contributed by atoms with Crippen molar-refractivity contribution in [3.63, 3.8) is 0 Å². The van der Waals surface area contributed by atoms with Crippen molar-refractivity contribution < 1.29 is 13.6 Å². The molecule has 0 aromatic heterocycles. The summed E-state index contributed by atoms with van der Waals surface area (Å²) < 4.78 is 26.1. The quantitative estimate of drug-likeness (QED) is 0.873. The molecule has 0 aliphatic carbocycles. The molecule has 0 radical (unpaired) electrons. The molecule has 0 amide bonds. The molecule has 2 nitrogen and oxygen atoms in total. The van der Waals surface area contributed by atoms with Gasteiger partial charge in [-0.1, -0.05) is 18.2 Å². The maximum atomic E-state index is 13.2.